The minimum absolute atomic E-state index is 0.00380. The highest BCUT2D eigenvalue weighted by Crippen LogP contribution is 2.07. The Morgan fingerprint density at radius 2 is 2.11 bits per heavy atom. The number of carbonyl (C=O) groups is 2. The molecule has 2 saturated heterocycles. The van der Waals surface area contributed by atoms with Crippen molar-refractivity contribution in [2.75, 3.05) is 46.4 Å². The second kappa shape index (κ2) is 6.86. The van der Waals surface area contributed by atoms with Crippen molar-refractivity contribution in [1.29, 1.82) is 0 Å². The molecule has 2 fully saturated rings. The number of carbonyl (C=O) groups excluding carboxylic acids is 2. The quantitative estimate of drug-likeness (QED) is 0.743. The van der Waals surface area contributed by atoms with E-state index in [9.17, 15) is 9.59 Å². The molecule has 2 amide bonds. The van der Waals surface area contributed by atoms with Gasteiger partial charge in [0, 0.05) is 20.1 Å². The fourth-order valence-electron chi connectivity index (χ4n) is 2.49. The van der Waals surface area contributed by atoms with Crippen LogP contribution < -0.4 is 5.32 Å². The summed E-state index contributed by atoms with van der Waals surface area (Å²) in [4.78, 5) is 26.9. The maximum absolute atomic E-state index is 11.8. The van der Waals surface area contributed by atoms with Crippen LogP contribution in [-0.4, -0.2) is 74.1 Å². The first-order valence-corrected chi connectivity index (χ1v) is 7.00. The molecule has 0 aliphatic carbocycles. The van der Waals surface area contributed by atoms with Crippen LogP contribution in [0.2, 0.25) is 0 Å². The van der Waals surface area contributed by atoms with Gasteiger partial charge in [-0.1, -0.05) is 6.42 Å². The van der Waals surface area contributed by atoms with Crippen molar-refractivity contribution in [2.45, 2.75) is 25.4 Å². The highest BCUT2D eigenvalue weighted by atomic mass is 16.5. The monoisotopic (exact) mass is 269 g/mol. The molecule has 0 aromatic carbocycles. The third-order valence-corrected chi connectivity index (χ3v) is 3.69. The summed E-state index contributed by atoms with van der Waals surface area (Å²) >= 11 is 0. The molecule has 2 heterocycles. The van der Waals surface area contributed by atoms with E-state index >= 15 is 0 Å². The molecule has 1 atom stereocenters. The van der Waals surface area contributed by atoms with Gasteiger partial charge in [0.05, 0.1) is 12.6 Å². The summed E-state index contributed by atoms with van der Waals surface area (Å²) in [5.41, 5.74) is 0. The lowest BCUT2D eigenvalue weighted by Crippen LogP contribution is -2.50. The molecule has 2 aliphatic heterocycles. The number of nitrogens with zero attached hydrogens (tertiary/aromatic N) is 2. The van der Waals surface area contributed by atoms with Crippen LogP contribution in [0.15, 0.2) is 0 Å². The summed E-state index contributed by atoms with van der Waals surface area (Å²) in [5, 5.41) is 2.89. The van der Waals surface area contributed by atoms with Crippen molar-refractivity contribution in [3.8, 4) is 0 Å². The van der Waals surface area contributed by atoms with Gasteiger partial charge in [-0.15, -0.1) is 0 Å². The number of nitrogens with one attached hydrogen (secondary N) is 1. The van der Waals surface area contributed by atoms with E-state index in [4.69, 9.17) is 4.74 Å². The Bertz CT molecular complexity index is 329. The van der Waals surface area contributed by atoms with E-state index < -0.39 is 0 Å². The van der Waals surface area contributed by atoms with Gasteiger partial charge in [-0.25, -0.2) is 0 Å². The number of likely N-dealkylation sites (N-methyl/N-ethyl adjacent to an activating group) is 1. The zero-order valence-corrected chi connectivity index (χ0v) is 11.6. The van der Waals surface area contributed by atoms with Gasteiger partial charge in [-0.2, -0.15) is 0 Å². The van der Waals surface area contributed by atoms with Crippen LogP contribution in [0.3, 0.4) is 0 Å². The Hall–Kier alpha value is -1.14. The summed E-state index contributed by atoms with van der Waals surface area (Å²) in [5.74, 6) is 0.0425. The maximum atomic E-state index is 11.8. The van der Waals surface area contributed by atoms with Gasteiger partial charge in [0.1, 0.15) is 6.61 Å². The summed E-state index contributed by atoms with van der Waals surface area (Å²) in [6.07, 6.45) is 3.56. The van der Waals surface area contributed by atoms with E-state index in [0.717, 1.165) is 13.1 Å². The molecule has 2 aliphatic rings. The third kappa shape index (κ3) is 4.47. The lowest BCUT2D eigenvalue weighted by atomic mass is 10.1. The molecular weight excluding hydrogens is 246 g/mol. The Morgan fingerprint density at radius 1 is 1.37 bits per heavy atom. The first-order chi connectivity index (χ1) is 9.15. The lowest BCUT2D eigenvalue weighted by Gasteiger charge is -2.30. The van der Waals surface area contributed by atoms with Crippen molar-refractivity contribution in [2.24, 2.45) is 0 Å². The van der Waals surface area contributed by atoms with E-state index in [1.807, 2.05) is 0 Å². The number of ether oxygens (including phenoxy) is 1. The predicted octanol–water partition coefficient (Wildman–Crippen LogP) is -0.554. The van der Waals surface area contributed by atoms with Crippen LogP contribution >= 0.6 is 0 Å². The largest absolute Gasteiger partial charge is 0.365 e. The zero-order chi connectivity index (χ0) is 13.7. The number of hydrogen-bond donors (Lipinski definition) is 1. The van der Waals surface area contributed by atoms with Crippen molar-refractivity contribution in [3.05, 3.63) is 0 Å². The Kier molecular flexibility index (Phi) is 5.15. The fourth-order valence-corrected chi connectivity index (χ4v) is 2.49. The fraction of sp³-hybridized carbons (Fsp3) is 0.846. The van der Waals surface area contributed by atoms with Crippen molar-refractivity contribution in [3.63, 3.8) is 0 Å². The molecule has 1 N–H and O–H groups in total. The number of hydrogen-bond acceptors (Lipinski definition) is 4. The topological polar surface area (TPSA) is 61.9 Å². The molecule has 108 valence electrons. The smallest absolute Gasteiger partial charge is 0.248 e. The van der Waals surface area contributed by atoms with Gasteiger partial charge in [0.15, 0.2) is 0 Å². The molecule has 6 nitrogen and oxygen atoms in total. The maximum Gasteiger partial charge on any atom is 0.248 e. The van der Waals surface area contributed by atoms with Gasteiger partial charge in [0.2, 0.25) is 11.8 Å². The van der Waals surface area contributed by atoms with Crippen LogP contribution in [0.4, 0.5) is 0 Å². The molecule has 0 aromatic rings. The minimum atomic E-state index is -0.0898. The minimum Gasteiger partial charge on any atom is -0.365 e. The molecular formula is C13H23N3O3. The zero-order valence-electron chi connectivity index (χ0n) is 11.6. The highest BCUT2D eigenvalue weighted by Gasteiger charge is 2.24. The highest BCUT2D eigenvalue weighted by molar-refractivity contribution is 5.78. The molecule has 0 saturated carbocycles. The summed E-state index contributed by atoms with van der Waals surface area (Å²) in [6.45, 7) is 3.65. The lowest BCUT2D eigenvalue weighted by molar-refractivity contribution is -0.146. The Labute approximate surface area is 114 Å². The molecule has 6 heteroatoms. The number of piperidine rings is 1. The van der Waals surface area contributed by atoms with Crippen molar-refractivity contribution < 1.29 is 14.3 Å². The van der Waals surface area contributed by atoms with Crippen LogP contribution in [0.1, 0.15) is 19.3 Å². The van der Waals surface area contributed by atoms with Gasteiger partial charge in [-0.3, -0.25) is 14.5 Å². The number of morpholine rings is 1. The van der Waals surface area contributed by atoms with Crippen LogP contribution in [-0.2, 0) is 14.3 Å². The second-order valence-corrected chi connectivity index (χ2v) is 5.35. The first kappa shape index (κ1) is 14.3. The summed E-state index contributed by atoms with van der Waals surface area (Å²) < 4.78 is 5.38. The summed E-state index contributed by atoms with van der Waals surface area (Å²) in [6, 6.07) is 0. The normalized spacial score (nSPS) is 25.4. The van der Waals surface area contributed by atoms with Crippen molar-refractivity contribution in [1.82, 2.24) is 15.1 Å². The number of rotatable bonds is 4. The molecule has 0 bridgehead atoms. The average molecular weight is 269 g/mol. The van der Waals surface area contributed by atoms with Gasteiger partial charge in [-0.05, 0) is 25.9 Å². The Morgan fingerprint density at radius 3 is 2.79 bits per heavy atom. The SMILES string of the molecule is CN1C[C@@H](CNC(=O)CN2CCCCC2)OCC1=O. The van der Waals surface area contributed by atoms with Gasteiger partial charge >= 0.3 is 0 Å². The van der Waals surface area contributed by atoms with Gasteiger partial charge in [0.25, 0.3) is 0 Å². The number of likely N-dealkylation sites (tertiary alicyclic amines) is 1. The first-order valence-electron chi connectivity index (χ1n) is 7.00. The number of amides is 2. The standard InChI is InChI=1S/C13H23N3O3/c1-15-8-11(19-10-13(15)18)7-14-12(17)9-16-5-3-2-4-6-16/h11H,2-10H2,1H3,(H,14,17)/t11-/m1/s1. The van der Waals surface area contributed by atoms with Crippen LogP contribution in [0.5, 0.6) is 0 Å². The molecule has 0 radical (unpaired) electrons. The van der Waals surface area contributed by atoms with E-state index in [-0.39, 0.29) is 24.5 Å². The molecule has 0 unspecified atom stereocenters. The molecule has 2 rings (SSSR count). The molecule has 19 heavy (non-hydrogen) atoms. The van der Waals surface area contributed by atoms with Crippen molar-refractivity contribution >= 4 is 11.8 Å². The molecule has 0 spiro atoms. The van der Waals surface area contributed by atoms with E-state index in [1.165, 1.54) is 19.3 Å². The third-order valence-electron chi connectivity index (χ3n) is 3.69. The van der Waals surface area contributed by atoms with Crippen LogP contribution in [0, 0.1) is 0 Å². The second-order valence-electron chi connectivity index (χ2n) is 5.35. The van der Waals surface area contributed by atoms with E-state index in [2.05, 4.69) is 10.2 Å². The summed E-state index contributed by atoms with van der Waals surface area (Å²) in [7, 11) is 1.76. The van der Waals surface area contributed by atoms with E-state index in [1.54, 1.807) is 11.9 Å². The Balaban J connectivity index is 1.64. The predicted molar refractivity (Wildman–Crippen MR) is 70.7 cm³/mol. The van der Waals surface area contributed by atoms with E-state index in [0.29, 0.717) is 19.6 Å². The van der Waals surface area contributed by atoms with Gasteiger partial charge < -0.3 is 15.0 Å². The van der Waals surface area contributed by atoms with Crippen LogP contribution in [0.25, 0.3) is 0 Å². The molecule has 0 aromatic heterocycles. The average Bonchev–Trinajstić information content (AvgIpc) is 2.41.